The number of halogens is 1. The molecule has 0 bridgehead atoms. The van der Waals surface area contributed by atoms with Crippen molar-refractivity contribution in [1.82, 2.24) is 10.3 Å². The summed E-state index contributed by atoms with van der Waals surface area (Å²) in [6.45, 7) is 0.240. The highest BCUT2D eigenvalue weighted by Crippen LogP contribution is 2.30. The van der Waals surface area contributed by atoms with Crippen molar-refractivity contribution in [1.29, 1.82) is 0 Å². The summed E-state index contributed by atoms with van der Waals surface area (Å²) in [6.07, 6.45) is 2.42. The zero-order valence-corrected chi connectivity index (χ0v) is 10.4. The van der Waals surface area contributed by atoms with Gasteiger partial charge in [0.2, 0.25) is 0 Å². The van der Waals surface area contributed by atoms with Crippen molar-refractivity contribution < 1.29 is 14.3 Å². The summed E-state index contributed by atoms with van der Waals surface area (Å²) in [6, 6.07) is 6.15. The first-order valence-electron chi connectivity index (χ1n) is 6.35. The quantitative estimate of drug-likeness (QED) is 0.791. The number of aromatic amines is 1. The van der Waals surface area contributed by atoms with Gasteiger partial charge in [-0.25, -0.2) is 4.39 Å². The molecule has 2 aromatic rings. The molecule has 0 radical (unpaired) electrons. The van der Waals surface area contributed by atoms with Crippen LogP contribution in [0, 0.1) is 5.82 Å². The van der Waals surface area contributed by atoms with Gasteiger partial charge in [0.1, 0.15) is 11.5 Å². The summed E-state index contributed by atoms with van der Waals surface area (Å²) in [5, 5.41) is 13.0. The summed E-state index contributed by atoms with van der Waals surface area (Å²) < 4.78 is 13.5. The number of benzene rings is 1. The summed E-state index contributed by atoms with van der Waals surface area (Å²) in [4.78, 5) is 14.8. The first-order valence-corrected chi connectivity index (χ1v) is 6.35. The lowest BCUT2D eigenvalue weighted by atomic mass is 9.80. The fourth-order valence-electron chi connectivity index (χ4n) is 2.34. The molecule has 100 valence electrons. The second-order valence-corrected chi connectivity index (χ2v) is 5.14. The molecule has 1 aromatic heterocycles. The van der Waals surface area contributed by atoms with Crippen LogP contribution < -0.4 is 5.32 Å². The summed E-state index contributed by atoms with van der Waals surface area (Å²) in [7, 11) is 0. The van der Waals surface area contributed by atoms with Crippen LogP contribution in [0.15, 0.2) is 24.3 Å². The normalized spacial score (nSPS) is 17.2. The number of rotatable bonds is 3. The molecule has 1 fully saturated rings. The Hall–Kier alpha value is -1.88. The Morgan fingerprint density at radius 1 is 1.47 bits per heavy atom. The van der Waals surface area contributed by atoms with Gasteiger partial charge in [0.25, 0.3) is 5.91 Å². The Kier molecular flexibility index (Phi) is 2.78. The molecule has 0 unspecified atom stereocenters. The number of carbonyl (C=O) groups excluding carboxylic acids is 1. The van der Waals surface area contributed by atoms with E-state index in [1.165, 1.54) is 12.1 Å². The second kappa shape index (κ2) is 4.35. The van der Waals surface area contributed by atoms with E-state index in [9.17, 15) is 14.3 Å². The van der Waals surface area contributed by atoms with E-state index in [0.717, 1.165) is 6.42 Å². The molecule has 0 spiro atoms. The van der Waals surface area contributed by atoms with Crippen molar-refractivity contribution in [3.63, 3.8) is 0 Å². The van der Waals surface area contributed by atoms with Gasteiger partial charge in [-0.05, 0) is 37.5 Å². The summed E-state index contributed by atoms with van der Waals surface area (Å²) in [5.74, 6) is -0.679. The molecular formula is C14H15FN2O2. The van der Waals surface area contributed by atoms with E-state index < -0.39 is 5.60 Å². The monoisotopic (exact) mass is 262 g/mol. The second-order valence-electron chi connectivity index (χ2n) is 5.14. The fourth-order valence-corrected chi connectivity index (χ4v) is 2.34. The molecule has 1 saturated carbocycles. The molecule has 3 N–H and O–H groups in total. The number of H-pyrrole nitrogens is 1. The molecule has 1 heterocycles. The maximum atomic E-state index is 13.5. The molecule has 0 atom stereocenters. The Balaban J connectivity index is 1.76. The summed E-state index contributed by atoms with van der Waals surface area (Å²) in [5.41, 5.74) is 0.142. The van der Waals surface area contributed by atoms with E-state index in [1.54, 1.807) is 12.1 Å². The van der Waals surface area contributed by atoms with Crippen LogP contribution in [0.1, 0.15) is 29.8 Å². The average Bonchev–Trinajstić information content (AvgIpc) is 2.79. The number of aromatic nitrogens is 1. The van der Waals surface area contributed by atoms with E-state index in [-0.39, 0.29) is 18.3 Å². The molecule has 0 aliphatic heterocycles. The number of amides is 1. The average molecular weight is 262 g/mol. The molecule has 1 amide bonds. The van der Waals surface area contributed by atoms with Crippen LogP contribution in [0.25, 0.3) is 10.9 Å². The van der Waals surface area contributed by atoms with Crippen molar-refractivity contribution in [2.75, 3.05) is 6.54 Å². The fraction of sp³-hybridized carbons (Fsp3) is 0.357. The molecule has 5 heteroatoms. The van der Waals surface area contributed by atoms with Crippen molar-refractivity contribution >= 4 is 16.8 Å². The minimum atomic E-state index is -0.757. The Morgan fingerprint density at radius 3 is 2.89 bits per heavy atom. The lowest BCUT2D eigenvalue weighted by Gasteiger charge is -2.36. The van der Waals surface area contributed by atoms with E-state index in [1.807, 2.05) is 0 Å². The van der Waals surface area contributed by atoms with Crippen molar-refractivity contribution in [3.05, 3.63) is 35.8 Å². The largest absolute Gasteiger partial charge is 0.388 e. The van der Waals surface area contributed by atoms with Crippen LogP contribution in [-0.2, 0) is 0 Å². The molecule has 1 aliphatic carbocycles. The zero-order valence-electron chi connectivity index (χ0n) is 10.4. The Bertz CT molecular complexity index is 631. The number of carbonyl (C=O) groups is 1. The number of hydrogen-bond donors (Lipinski definition) is 3. The van der Waals surface area contributed by atoms with Crippen LogP contribution in [0.4, 0.5) is 4.39 Å². The highest BCUT2D eigenvalue weighted by atomic mass is 19.1. The predicted octanol–water partition coefficient (Wildman–Crippen LogP) is 1.95. The lowest BCUT2D eigenvalue weighted by Crippen LogP contribution is -2.47. The predicted molar refractivity (Wildman–Crippen MR) is 69.4 cm³/mol. The number of nitrogens with one attached hydrogen (secondary N) is 2. The Morgan fingerprint density at radius 2 is 2.26 bits per heavy atom. The van der Waals surface area contributed by atoms with Gasteiger partial charge in [-0.3, -0.25) is 4.79 Å². The standard InChI is InChI=1S/C14H15FN2O2/c15-10-3-1-4-11-9(10)7-12(17-11)13(18)16-8-14(19)5-2-6-14/h1,3-4,7,17,19H,2,5-6,8H2,(H,16,18). The summed E-state index contributed by atoms with van der Waals surface area (Å²) >= 11 is 0. The smallest absolute Gasteiger partial charge is 0.267 e. The van der Waals surface area contributed by atoms with E-state index in [2.05, 4.69) is 10.3 Å². The van der Waals surface area contributed by atoms with Gasteiger partial charge in [-0.2, -0.15) is 0 Å². The van der Waals surface area contributed by atoms with Gasteiger partial charge in [-0.15, -0.1) is 0 Å². The van der Waals surface area contributed by atoms with E-state index >= 15 is 0 Å². The number of aliphatic hydroxyl groups is 1. The van der Waals surface area contributed by atoms with Gasteiger partial charge in [0.05, 0.1) is 5.60 Å². The minimum Gasteiger partial charge on any atom is -0.388 e. The lowest BCUT2D eigenvalue weighted by molar-refractivity contribution is -0.0300. The van der Waals surface area contributed by atoms with Crippen LogP contribution >= 0.6 is 0 Å². The van der Waals surface area contributed by atoms with E-state index in [0.29, 0.717) is 29.4 Å². The number of fused-ring (bicyclic) bond motifs is 1. The van der Waals surface area contributed by atoms with Gasteiger partial charge < -0.3 is 15.4 Å². The zero-order chi connectivity index (χ0) is 13.5. The van der Waals surface area contributed by atoms with Crippen LogP contribution in [0.3, 0.4) is 0 Å². The topological polar surface area (TPSA) is 65.1 Å². The van der Waals surface area contributed by atoms with Crippen LogP contribution in [0.5, 0.6) is 0 Å². The SMILES string of the molecule is O=C(NCC1(O)CCC1)c1cc2c(F)cccc2[nH]1. The minimum absolute atomic E-state index is 0.240. The first-order chi connectivity index (χ1) is 9.07. The molecule has 0 saturated heterocycles. The molecule has 1 aromatic carbocycles. The highest BCUT2D eigenvalue weighted by Gasteiger charge is 2.34. The molecule has 19 heavy (non-hydrogen) atoms. The van der Waals surface area contributed by atoms with Crippen LogP contribution in [-0.4, -0.2) is 28.1 Å². The molecule has 3 rings (SSSR count). The van der Waals surface area contributed by atoms with Gasteiger partial charge >= 0.3 is 0 Å². The maximum Gasteiger partial charge on any atom is 0.267 e. The highest BCUT2D eigenvalue weighted by molar-refractivity contribution is 5.98. The van der Waals surface area contributed by atoms with Crippen molar-refractivity contribution in [2.45, 2.75) is 24.9 Å². The molecule has 4 nitrogen and oxygen atoms in total. The third-order valence-corrected chi connectivity index (χ3v) is 3.72. The van der Waals surface area contributed by atoms with Gasteiger partial charge in [-0.1, -0.05) is 6.07 Å². The third kappa shape index (κ3) is 2.21. The molecule has 1 aliphatic rings. The van der Waals surface area contributed by atoms with Crippen LogP contribution in [0.2, 0.25) is 0 Å². The Labute approximate surface area is 109 Å². The number of hydrogen-bond acceptors (Lipinski definition) is 2. The maximum absolute atomic E-state index is 13.5. The third-order valence-electron chi connectivity index (χ3n) is 3.72. The molecular weight excluding hydrogens is 247 g/mol. The van der Waals surface area contributed by atoms with Crippen molar-refractivity contribution in [2.24, 2.45) is 0 Å². The van der Waals surface area contributed by atoms with Crippen molar-refractivity contribution in [3.8, 4) is 0 Å². The van der Waals surface area contributed by atoms with E-state index in [4.69, 9.17) is 0 Å². The van der Waals surface area contributed by atoms with Gasteiger partial charge in [0.15, 0.2) is 0 Å². The first kappa shape index (κ1) is 12.2. The van der Waals surface area contributed by atoms with Gasteiger partial charge in [0, 0.05) is 17.4 Å².